The quantitative estimate of drug-likeness (QED) is 0.838. The average Bonchev–Trinajstić information content (AvgIpc) is 2.32. The van der Waals surface area contributed by atoms with Crippen molar-refractivity contribution < 1.29 is 14.7 Å². The lowest BCUT2D eigenvalue weighted by atomic mass is 9.84. The first-order valence-corrected chi connectivity index (χ1v) is 7.91. The second-order valence-electron chi connectivity index (χ2n) is 7.52. The number of carbonyl (C=O) groups excluding carboxylic acids is 1. The van der Waals surface area contributed by atoms with Gasteiger partial charge in [0.15, 0.2) is 0 Å². The van der Waals surface area contributed by atoms with Crippen LogP contribution in [0.25, 0.3) is 0 Å². The summed E-state index contributed by atoms with van der Waals surface area (Å²) in [4.78, 5) is 25.5. The van der Waals surface area contributed by atoms with Gasteiger partial charge in [-0.3, -0.25) is 4.79 Å². The molecule has 1 fully saturated rings. The van der Waals surface area contributed by atoms with Crippen LogP contribution in [0.3, 0.4) is 0 Å². The van der Waals surface area contributed by atoms with Crippen molar-refractivity contribution in [3.63, 3.8) is 0 Å². The summed E-state index contributed by atoms with van der Waals surface area (Å²) in [5, 5.41) is 12.1. The number of nitrogens with zero attached hydrogens (tertiary/aromatic N) is 1. The minimum atomic E-state index is -0.843. The van der Waals surface area contributed by atoms with Crippen LogP contribution in [0.5, 0.6) is 0 Å². The van der Waals surface area contributed by atoms with Crippen molar-refractivity contribution in [2.45, 2.75) is 72.4 Å². The number of hydrogen-bond donors (Lipinski definition) is 2. The van der Waals surface area contributed by atoms with E-state index in [1.807, 2.05) is 25.7 Å². The molecule has 2 amide bonds. The van der Waals surface area contributed by atoms with Crippen LogP contribution in [-0.2, 0) is 4.79 Å². The molecule has 3 atom stereocenters. The molecular formula is C16H30N2O3. The van der Waals surface area contributed by atoms with Gasteiger partial charge in [0, 0.05) is 18.6 Å². The molecule has 0 aromatic heterocycles. The lowest BCUT2D eigenvalue weighted by Crippen LogP contribution is -2.52. The summed E-state index contributed by atoms with van der Waals surface area (Å²) in [5.41, 5.74) is -0.0699. The minimum absolute atomic E-state index is 0.0699. The van der Waals surface area contributed by atoms with E-state index in [0.29, 0.717) is 6.42 Å². The summed E-state index contributed by atoms with van der Waals surface area (Å²) in [6.45, 7) is 10.3. The number of amides is 2. The molecule has 5 nitrogen and oxygen atoms in total. The van der Waals surface area contributed by atoms with E-state index in [4.69, 9.17) is 0 Å². The molecule has 0 radical (unpaired) electrons. The molecule has 2 N–H and O–H groups in total. The molecular weight excluding hydrogens is 268 g/mol. The van der Waals surface area contributed by atoms with Gasteiger partial charge < -0.3 is 15.3 Å². The van der Waals surface area contributed by atoms with Gasteiger partial charge in [0.1, 0.15) is 0 Å². The molecule has 1 rings (SSSR count). The van der Waals surface area contributed by atoms with Crippen LogP contribution in [0, 0.1) is 11.3 Å². The molecule has 1 heterocycles. The zero-order valence-electron chi connectivity index (χ0n) is 14.0. The van der Waals surface area contributed by atoms with Crippen molar-refractivity contribution in [2.75, 3.05) is 6.54 Å². The predicted molar refractivity (Wildman–Crippen MR) is 83.2 cm³/mol. The Morgan fingerprint density at radius 2 is 1.76 bits per heavy atom. The summed E-state index contributed by atoms with van der Waals surface area (Å²) < 4.78 is 0. The Kier molecular flexibility index (Phi) is 6.05. The highest BCUT2D eigenvalue weighted by Crippen LogP contribution is 2.25. The highest BCUT2D eigenvalue weighted by Gasteiger charge is 2.30. The Morgan fingerprint density at radius 3 is 2.19 bits per heavy atom. The van der Waals surface area contributed by atoms with Gasteiger partial charge in [-0.1, -0.05) is 20.8 Å². The van der Waals surface area contributed by atoms with Gasteiger partial charge in [-0.15, -0.1) is 0 Å². The van der Waals surface area contributed by atoms with Crippen molar-refractivity contribution >= 4 is 12.0 Å². The van der Waals surface area contributed by atoms with Crippen molar-refractivity contribution in [3.05, 3.63) is 0 Å². The maximum Gasteiger partial charge on any atom is 0.317 e. The van der Waals surface area contributed by atoms with Gasteiger partial charge in [0.25, 0.3) is 0 Å². The van der Waals surface area contributed by atoms with Gasteiger partial charge in [-0.05, 0) is 44.9 Å². The van der Waals surface area contributed by atoms with Gasteiger partial charge in [0.2, 0.25) is 0 Å². The first-order valence-electron chi connectivity index (χ1n) is 7.91. The molecule has 0 saturated carbocycles. The number of rotatable bonds is 4. The second-order valence-corrected chi connectivity index (χ2v) is 7.52. The summed E-state index contributed by atoms with van der Waals surface area (Å²) in [6.07, 6.45) is 3.73. The normalized spacial score (nSPS) is 24.5. The SMILES string of the molecule is C[C@@H]1CCC[C@H](C)N1C(=O)NCC(CC(C)(C)C)C(=O)O. The van der Waals surface area contributed by atoms with Crippen molar-refractivity contribution in [3.8, 4) is 0 Å². The first kappa shape index (κ1) is 17.8. The molecule has 0 aliphatic carbocycles. The van der Waals surface area contributed by atoms with Crippen LogP contribution >= 0.6 is 0 Å². The number of hydrogen-bond acceptors (Lipinski definition) is 2. The maximum atomic E-state index is 12.3. The first-order chi connectivity index (χ1) is 9.61. The molecule has 0 spiro atoms. The Morgan fingerprint density at radius 1 is 1.24 bits per heavy atom. The summed E-state index contributed by atoms with van der Waals surface area (Å²) in [5.74, 6) is -1.38. The van der Waals surface area contributed by atoms with E-state index in [2.05, 4.69) is 19.2 Å². The topological polar surface area (TPSA) is 69.6 Å². The Labute approximate surface area is 128 Å². The molecule has 5 heteroatoms. The van der Waals surface area contributed by atoms with Gasteiger partial charge in [-0.25, -0.2) is 4.79 Å². The predicted octanol–water partition coefficient (Wildman–Crippen LogP) is 3.10. The minimum Gasteiger partial charge on any atom is -0.481 e. The van der Waals surface area contributed by atoms with Crippen LogP contribution in [0.15, 0.2) is 0 Å². The van der Waals surface area contributed by atoms with Crippen molar-refractivity contribution in [1.29, 1.82) is 0 Å². The fourth-order valence-electron chi connectivity index (χ4n) is 3.11. The molecule has 0 aromatic carbocycles. The Hall–Kier alpha value is -1.26. The third-order valence-corrected chi connectivity index (χ3v) is 4.14. The highest BCUT2D eigenvalue weighted by atomic mass is 16.4. The molecule has 0 bridgehead atoms. The van der Waals surface area contributed by atoms with Crippen LogP contribution < -0.4 is 5.32 Å². The summed E-state index contributed by atoms with van der Waals surface area (Å²) in [7, 11) is 0. The second kappa shape index (κ2) is 7.14. The fourth-order valence-corrected chi connectivity index (χ4v) is 3.11. The zero-order valence-corrected chi connectivity index (χ0v) is 14.0. The van der Waals surface area contributed by atoms with E-state index >= 15 is 0 Å². The van der Waals surface area contributed by atoms with Gasteiger partial charge in [-0.2, -0.15) is 0 Å². The Bertz CT molecular complexity index is 366. The highest BCUT2D eigenvalue weighted by molar-refractivity contribution is 5.76. The Balaban J connectivity index is 2.58. The number of urea groups is 1. The summed E-state index contributed by atoms with van der Waals surface area (Å²) in [6, 6.07) is 0.314. The number of aliphatic carboxylic acids is 1. The number of carboxylic acids is 1. The standard InChI is InChI=1S/C16H30N2O3/c1-11-7-6-8-12(2)18(11)15(21)17-10-13(14(19)20)9-16(3,4)5/h11-13H,6-10H2,1-5H3,(H,17,21)(H,19,20)/t11-,12+,13?. The number of carboxylic acid groups (broad SMARTS) is 1. The van der Waals surface area contributed by atoms with Crippen LogP contribution in [0.2, 0.25) is 0 Å². The average molecular weight is 298 g/mol. The van der Waals surface area contributed by atoms with E-state index in [9.17, 15) is 14.7 Å². The van der Waals surface area contributed by atoms with Gasteiger partial charge >= 0.3 is 12.0 Å². The number of piperidine rings is 1. The molecule has 1 unspecified atom stereocenters. The van der Waals surface area contributed by atoms with Crippen molar-refractivity contribution in [2.24, 2.45) is 11.3 Å². The van der Waals surface area contributed by atoms with E-state index in [1.54, 1.807) is 0 Å². The van der Waals surface area contributed by atoms with Crippen molar-refractivity contribution in [1.82, 2.24) is 10.2 Å². The molecule has 1 aliphatic rings. The smallest absolute Gasteiger partial charge is 0.317 e. The lowest BCUT2D eigenvalue weighted by Gasteiger charge is -2.39. The molecule has 1 saturated heterocycles. The monoisotopic (exact) mass is 298 g/mol. The van der Waals surface area contributed by atoms with Gasteiger partial charge in [0.05, 0.1) is 5.92 Å². The zero-order chi connectivity index (χ0) is 16.2. The number of nitrogens with one attached hydrogen (secondary N) is 1. The van der Waals surface area contributed by atoms with Crippen LogP contribution in [0.4, 0.5) is 4.79 Å². The third-order valence-electron chi connectivity index (χ3n) is 4.14. The van der Waals surface area contributed by atoms with Crippen LogP contribution in [-0.4, -0.2) is 40.6 Å². The number of likely N-dealkylation sites (tertiary alicyclic amines) is 1. The lowest BCUT2D eigenvalue weighted by molar-refractivity contribution is -0.142. The molecule has 0 aromatic rings. The van der Waals surface area contributed by atoms with E-state index in [-0.39, 0.29) is 30.1 Å². The van der Waals surface area contributed by atoms with E-state index in [1.165, 1.54) is 0 Å². The number of carbonyl (C=O) groups is 2. The third kappa shape index (κ3) is 5.56. The van der Waals surface area contributed by atoms with E-state index < -0.39 is 11.9 Å². The molecule has 122 valence electrons. The fraction of sp³-hybridized carbons (Fsp3) is 0.875. The summed E-state index contributed by atoms with van der Waals surface area (Å²) >= 11 is 0. The molecule has 1 aliphatic heterocycles. The van der Waals surface area contributed by atoms with E-state index in [0.717, 1.165) is 19.3 Å². The molecule has 21 heavy (non-hydrogen) atoms. The van der Waals surface area contributed by atoms with Crippen LogP contribution in [0.1, 0.15) is 60.3 Å². The largest absolute Gasteiger partial charge is 0.481 e. The maximum absolute atomic E-state index is 12.3.